The molecule has 0 atom stereocenters. The summed E-state index contributed by atoms with van der Waals surface area (Å²) in [6.45, 7) is 1.92. The van der Waals surface area contributed by atoms with E-state index in [4.69, 9.17) is 0 Å². The van der Waals surface area contributed by atoms with E-state index in [2.05, 4.69) is 10.3 Å². The second-order valence-corrected chi connectivity index (χ2v) is 7.75. The van der Waals surface area contributed by atoms with E-state index in [0.29, 0.717) is 5.56 Å². The molecule has 6 heteroatoms. The third-order valence-electron chi connectivity index (χ3n) is 4.24. The molecule has 0 unspecified atom stereocenters. The van der Waals surface area contributed by atoms with E-state index in [0.717, 1.165) is 36.8 Å². The Balaban J connectivity index is 1.72. The minimum Gasteiger partial charge on any atom is -0.273 e. The number of benzene rings is 2. The van der Waals surface area contributed by atoms with Gasteiger partial charge in [-0.1, -0.05) is 23.8 Å². The lowest BCUT2D eigenvalue weighted by molar-refractivity contribution is 0.0945. The highest BCUT2D eigenvalue weighted by atomic mass is 32.2. The highest BCUT2D eigenvalue weighted by Gasteiger charge is 2.18. The summed E-state index contributed by atoms with van der Waals surface area (Å²) in [5.41, 5.74) is 5.98. The van der Waals surface area contributed by atoms with Gasteiger partial charge in [0.15, 0.2) is 0 Å². The Morgan fingerprint density at radius 1 is 0.958 bits per heavy atom. The molecule has 0 spiro atoms. The first-order chi connectivity index (χ1) is 11.5. The Bertz CT molecular complexity index is 858. The normalized spacial score (nSPS) is 14.0. The largest absolute Gasteiger partial charge is 0.273 e. The van der Waals surface area contributed by atoms with Crippen LogP contribution in [0.1, 0.15) is 39.9 Å². The smallest absolute Gasteiger partial charge is 0.266 e. The molecule has 1 amide bonds. The fraction of sp³-hybridized carbons (Fsp3) is 0.278. The van der Waals surface area contributed by atoms with E-state index in [1.54, 1.807) is 36.4 Å². The maximum Gasteiger partial charge on any atom is 0.266 e. The van der Waals surface area contributed by atoms with Crippen molar-refractivity contribution in [2.45, 2.75) is 37.5 Å². The van der Waals surface area contributed by atoms with Gasteiger partial charge in [0.05, 0.1) is 4.90 Å². The highest BCUT2D eigenvalue weighted by Crippen LogP contribution is 2.23. The van der Waals surface area contributed by atoms with E-state index >= 15 is 0 Å². The number of aryl methyl sites for hydroxylation is 3. The Labute approximate surface area is 142 Å². The average Bonchev–Trinajstić information content (AvgIpc) is 2.60. The standard InChI is InChI=1S/C18H20N2O3S/c1-13-6-8-15(9-7-13)18(21)19-20-24(22,23)17-11-10-14-4-2-3-5-16(14)12-17/h6-12,20H,2-5H2,1H3,(H,19,21). The molecule has 5 nitrogen and oxygen atoms in total. The first-order valence-corrected chi connectivity index (χ1v) is 9.45. The molecule has 1 aliphatic rings. The number of amides is 1. The lowest BCUT2D eigenvalue weighted by atomic mass is 9.92. The van der Waals surface area contributed by atoms with E-state index < -0.39 is 15.9 Å². The Morgan fingerprint density at radius 3 is 2.33 bits per heavy atom. The Hall–Kier alpha value is -2.18. The van der Waals surface area contributed by atoms with Crippen molar-refractivity contribution in [1.82, 2.24) is 10.3 Å². The van der Waals surface area contributed by atoms with Crippen LogP contribution in [0.3, 0.4) is 0 Å². The zero-order valence-corrected chi connectivity index (χ0v) is 14.3. The van der Waals surface area contributed by atoms with Gasteiger partial charge in [-0.3, -0.25) is 10.2 Å². The monoisotopic (exact) mass is 344 g/mol. The molecule has 126 valence electrons. The number of rotatable bonds is 4. The molecule has 0 saturated carbocycles. The minimum atomic E-state index is -3.79. The van der Waals surface area contributed by atoms with Crippen molar-refractivity contribution in [2.75, 3.05) is 0 Å². The van der Waals surface area contributed by atoms with Gasteiger partial charge in [-0.2, -0.15) is 0 Å². The third kappa shape index (κ3) is 3.66. The number of hydrogen-bond donors (Lipinski definition) is 2. The van der Waals surface area contributed by atoms with Crippen molar-refractivity contribution in [3.63, 3.8) is 0 Å². The van der Waals surface area contributed by atoms with E-state index in [1.165, 1.54) is 5.56 Å². The van der Waals surface area contributed by atoms with Crippen molar-refractivity contribution in [3.8, 4) is 0 Å². The Morgan fingerprint density at radius 2 is 1.62 bits per heavy atom. The van der Waals surface area contributed by atoms with Gasteiger partial charge in [0.1, 0.15) is 0 Å². The van der Waals surface area contributed by atoms with Crippen LogP contribution in [-0.2, 0) is 22.9 Å². The predicted octanol–water partition coefficient (Wildman–Crippen LogP) is 2.50. The lowest BCUT2D eigenvalue weighted by Gasteiger charge is -2.17. The molecule has 0 aromatic heterocycles. The SMILES string of the molecule is Cc1ccc(C(=O)NNS(=O)(=O)c2ccc3c(c2)CCCC3)cc1. The number of carbonyl (C=O) groups is 1. The molecule has 2 aromatic rings. The van der Waals surface area contributed by atoms with Crippen LogP contribution in [0.5, 0.6) is 0 Å². The molecule has 24 heavy (non-hydrogen) atoms. The fourth-order valence-electron chi connectivity index (χ4n) is 2.83. The van der Waals surface area contributed by atoms with Crippen molar-refractivity contribution in [3.05, 3.63) is 64.7 Å². The minimum absolute atomic E-state index is 0.173. The van der Waals surface area contributed by atoms with Gasteiger partial charge in [-0.15, -0.1) is 4.83 Å². The van der Waals surface area contributed by atoms with Crippen molar-refractivity contribution < 1.29 is 13.2 Å². The maximum absolute atomic E-state index is 12.4. The zero-order valence-electron chi connectivity index (χ0n) is 13.5. The van der Waals surface area contributed by atoms with Crippen LogP contribution in [0.2, 0.25) is 0 Å². The summed E-state index contributed by atoms with van der Waals surface area (Å²) in [5.74, 6) is -0.489. The number of hydrogen-bond acceptors (Lipinski definition) is 3. The molecular weight excluding hydrogens is 324 g/mol. The number of fused-ring (bicyclic) bond motifs is 1. The summed E-state index contributed by atoms with van der Waals surface area (Å²) in [6.07, 6.45) is 4.11. The molecule has 0 radical (unpaired) electrons. The Kier molecular flexibility index (Phi) is 4.69. The van der Waals surface area contributed by atoms with Crippen LogP contribution in [0.15, 0.2) is 47.4 Å². The zero-order chi connectivity index (χ0) is 17.2. The van der Waals surface area contributed by atoms with Gasteiger partial charge < -0.3 is 0 Å². The lowest BCUT2D eigenvalue weighted by Crippen LogP contribution is -2.41. The molecule has 2 N–H and O–H groups in total. The van der Waals surface area contributed by atoms with Crippen molar-refractivity contribution >= 4 is 15.9 Å². The van der Waals surface area contributed by atoms with Crippen LogP contribution in [0, 0.1) is 6.92 Å². The molecule has 0 saturated heterocycles. The van der Waals surface area contributed by atoms with Gasteiger partial charge in [0, 0.05) is 5.56 Å². The van der Waals surface area contributed by atoms with E-state index in [9.17, 15) is 13.2 Å². The fourth-order valence-corrected chi connectivity index (χ4v) is 3.72. The van der Waals surface area contributed by atoms with Gasteiger partial charge in [0.2, 0.25) is 0 Å². The summed E-state index contributed by atoms with van der Waals surface area (Å²) < 4.78 is 24.8. The summed E-state index contributed by atoms with van der Waals surface area (Å²) in [7, 11) is -3.79. The molecule has 0 aliphatic heterocycles. The number of hydrazine groups is 1. The number of sulfonamides is 1. The van der Waals surface area contributed by atoms with E-state index in [1.807, 2.05) is 13.0 Å². The van der Waals surface area contributed by atoms with Crippen LogP contribution in [0.25, 0.3) is 0 Å². The summed E-state index contributed by atoms with van der Waals surface area (Å²) >= 11 is 0. The van der Waals surface area contributed by atoms with Gasteiger partial charge in [-0.25, -0.2) is 8.42 Å². The summed E-state index contributed by atoms with van der Waals surface area (Å²) in [5, 5.41) is 0. The quantitative estimate of drug-likeness (QED) is 0.837. The maximum atomic E-state index is 12.4. The summed E-state index contributed by atoms with van der Waals surface area (Å²) in [6, 6.07) is 12.1. The topological polar surface area (TPSA) is 75.3 Å². The van der Waals surface area contributed by atoms with Gasteiger partial charge in [-0.05, 0) is 68.0 Å². The second kappa shape index (κ2) is 6.75. The van der Waals surface area contributed by atoms with Crippen molar-refractivity contribution in [2.24, 2.45) is 0 Å². The molecule has 0 fully saturated rings. The highest BCUT2D eigenvalue weighted by molar-refractivity contribution is 7.89. The average molecular weight is 344 g/mol. The number of nitrogens with one attached hydrogen (secondary N) is 2. The van der Waals surface area contributed by atoms with Crippen molar-refractivity contribution in [1.29, 1.82) is 0 Å². The number of carbonyl (C=O) groups excluding carboxylic acids is 1. The molecular formula is C18H20N2O3S. The van der Waals surface area contributed by atoms with Crippen LogP contribution in [0.4, 0.5) is 0 Å². The first kappa shape index (κ1) is 16.7. The molecule has 0 bridgehead atoms. The molecule has 2 aromatic carbocycles. The van der Waals surface area contributed by atoms with Crippen LogP contribution in [-0.4, -0.2) is 14.3 Å². The predicted molar refractivity (Wildman–Crippen MR) is 92.1 cm³/mol. The first-order valence-electron chi connectivity index (χ1n) is 7.96. The molecule has 0 heterocycles. The van der Waals surface area contributed by atoms with E-state index in [-0.39, 0.29) is 4.90 Å². The van der Waals surface area contributed by atoms with Gasteiger partial charge in [0.25, 0.3) is 15.9 Å². The van der Waals surface area contributed by atoms with Gasteiger partial charge >= 0.3 is 0 Å². The van der Waals surface area contributed by atoms with Crippen LogP contribution < -0.4 is 10.3 Å². The molecule has 3 rings (SSSR count). The molecule has 1 aliphatic carbocycles. The third-order valence-corrected chi connectivity index (χ3v) is 5.49. The summed E-state index contributed by atoms with van der Waals surface area (Å²) in [4.78, 5) is 14.4. The second-order valence-electron chi connectivity index (χ2n) is 6.06. The van der Waals surface area contributed by atoms with Crippen LogP contribution >= 0.6 is 0 Å².